The summed E-state index contributed by atoms with van der Waals surface area (Å²) >= 11 is 0. The van der Waals surface area contributed by atoms with Crippen molar-refractivity contribution in [2.75, 3.05) is 10.0 Å². The second-order valence-corrected chi connectivity index (χ2v) is 14.4. The smallest absolute Gasteiger partial charge is 0.269 e. The average Bonchev–Trinajstić information content (AvgIpc) is 2.95. The minimum atomic E-state index is -4.18. The van der Waals surface area contributed by atoms with Crippen molar-refractivity contribution in [2.45, 2.75) is 48.8 Å². The van der Waals surface area contributed by atoms with Crippen molar-refractivity contribution in [3.63, 3.8) is 0 Å². The lowest BCUT2D eigenvalue weighted by molar-refractivity contribution is -0.384. The highest BCUT2D eigenvalue weighted by Gasteiger charge is 2.46. The number of nitrogens with one attached hydrogen (secondary N) is 2. The molecular formula is C29H30N4O8S2. The van der Waals surface area contributed by atoms with Gasteiger partial charge in [0, 0.05) is 17.7 Å². The van der Waals surface area contributed by atoms with E-state index < -0.39 is 36.9 Å². The van der Waals surface area contributed by atoms with Crippen LogP contribution in [0.15, 0.2) is 86.5 Å². The Morgan fingerprint density at radius 2 is 1.77 bits per heavy atom. The van der Waals surface area contributed by atoms with Gasteiger partial charge in [-0.1, -0.05) is 48.9 Å². The second-order valence-electron chi connectivity index (χ2n) is 11.0. The number of Topliss-reactive ketones (excluding diaryl/α,β-unsaturated/α-hetero) is 1. The number of amidine groups is 1. The van der Waals surface area contributed by atoms with E-state index in [4.69, 9.17) is 0 Å². The van der Waals surface area contributed by atoms with Crippen LogP contribution < -0.4 is 10.0 Å². The Labute approximate surface area is 249 Å². The maximum Gasteiger partial charge on any atom is 0.269 e. The van der Waals surface area contributed by atoms with Gasteiger partial charge in [-0.25, -0.2) is 8.42 Å². The van der Waals surface area contributed by atoms with E-state index >= 15 is 0 Å². The van der Waals surface area contributed by atoms with Gasteiger partial charge in [-0.2, -0.15) is 0 Å². The van der Waals surface area contributed by atoms with Crippen molar-refractivity contribution in [1.82, 2.24) is 0 Å². The Bertz CT molecular complexity index is 1820. The number of aliphatic hydroxyl groups is 1. The molecular weight excluding hydrogens is 596 g/mol. The molecule has 0 fully saturated rings. The molecule has 0 spiro atoms. The predicted molar refractivity (Wildman–Crippen MR) is 165 cm³/mol. The highest BCUT2D eigenvalue weighted by atomic mass is 32.3. The molecule has 3 aromatic rings. The lowest BCUT2D eigenvalue weighted by atomic mass is 9.66. The maximum absolute atomic E-state index is 14.1. The van der Waals surface area contributed by atoms with E-state index in [0.29, 0.717) is 23.5 Å². The van der Waals surface area contributed by atoms with E-state index in [1.807, 2.05) is 6.92 Å². The monoisotopic (exact) mass is 626 g/mol. The molecule has 0 amide bonds. The number of ketones is 1. The number of nitro benzene ring substituents is 1. The van der Waals surface area contributed by atoms with Crippen LogP contribution in [0.4, 0.5) is 17.1 Å². The Morgan fingerprint density at radius 3 is 2.42 bits per heavy atom. The van der Waals surface area contributed by atoms with Crippen molar-refractivity contribution in [3.8, 4) is 0 Å². The second kappa shape index (κ2) is 10.8. The number of hydrogen-bond donors (Lipinski definition) is 5. The lowest BCUT2D eigenvalue weighted by Crippen LogP contribution is -2.42. The average molecular weight is 627 g/mol. The van der Waals surface area contributed by atoms with Gasteiger partial charge in [-0.15, -0.1) is 4.40 Å². The molecule has 1 aliphatic heterocycles. The number of carbonyl (C=O) groups excluding carboxylic acids is 1. The third kappa shape index (κ3) is 5.49. The first-order valence-corrected chi connectivity index (χ1v) is 16.3. The standard InChI is InChI=1S/C29H30N4O8S2/c1-17(2)14-15-29(3)22-7-5-4-6-21(22)26(34)25(27(29)35)28-30-23-13-8-18(16-24(23)43(40,41)32-28)31-42(38,39)20-11-9-19(10-12-20)33(36)37/h4-13,16-17,31,34,40-41H,14-15H2,1-3H3,(H,30,32). The van der Waals surface area contributed by atoms with Gasteiger partial charge in [0.2, 0.25) is 0 Å². The fourth-order valence-corrected chi connectivity index (χ4v) is 7.41. The summed E-state index contributed by atoms with van der Waals surface area (Å²) in [6, 6.07) is 15.3. The van der Waals surface area contributed by atoms with E-state index in [1.54, 1.807) is 24.3 Å². The minimum absolute atomic E-state index is 0.0245. The molecule has 0 saturated carbocycles. The van der Waals surface area contributed by atoms with Crippen molar-refractivity contribution >= 4 is 55.2 Å². The number of benzene rings is 3. The van der Waals surface area contributed by atoms with Gasteiger partial charge in [0.15, 0.2) is 11.6 Å². The summed E-state index contributed by atoms with van der Waals surface area (Å²) in [5, 5.41) is 25.1. The third-order valence-electron chi connectivity index (χ3n) is 7.56. The van der Waals surface area contributed by atoms with Crippen LogP contribution in [-0.2, 0) is 20.2 Å². The molecule has 1 aliphatic carbocycles. The van der Waals surface area contributed by atoms with Gasteiger partial charge in [-0.3, -0.25) is 28.7 Å². The van der Waals surface area contributed by atoms with Gasteiger partial charge >= 0.3 is 0 Å². The van der Waals surface area contributed by atoms with E-state index in [2.05, 4.69) is 28.3 Å². The zero-order valence-electron chi connectivity index (χ0n) is 23.4. The van der Waals surface area contributed by atoms with Crippen LogP contribution in [0.5, 0.6) is 0 Å². The highest BCUT2D eigenvalue weighted by Crippen LogP contribution is 2.57. The topological polar surface area (TPSA) is 191 Å². The number of rotatable bonds is 8. The fraction of sp³-hybridized carbons (Fsp3) is 0.241. The Hall–Kier alpha value is -4.24. The Morgan fingerprint density at radius 1 is 1.09 bits per heavy atom. The van der Waals surface area contributed by atoms with E-state index in [0.717, 1.165) is 30.7 Å². The number of anilines is 2. The van der Waals surface area contributed by atoms with Gasteiger partial charge < -0.3 is 10.4 Å². The van der Waals surface area contributed by atoms with Crippen LogP contribution in [0.2, 0.25) is 0 Å². The van der Waals surface area contributed by atoms with Crippen LogP contribution in [0.3, 0.4) is 0 Å². The van der Waals surface area contributed by atoms with E-state index in [-0.39, 0.29) is 44.0 Å². The van der Waals surface area contributed by atoms with Crippen molar-refractivity contribution in [2.24, 2.45) is 10.3 Å². The summed E-state index contributed by atoms with van der Waals surface area (Å²) in [4.78, 5) is 23.9. The van der Waals surface area contributed by atoms with E-state index in [9.17, 15) is 37.5 Å². The zero-order valence-corrected chi connectivity index (χ0v) is 25.1. The molecule has 1 unspecified atom stereocenters. The first-order valence-electron chi connectivity index (χ1n) is 13.3. The maximum atomic E-state index is 14.1. The zero-order chi connectivity index (χ0) is 31.3. The first-order chi connectivity index (χ1) is 20.1. The fourth-order valence-electron chi connectivity index (χ4n) is 5.17. The molecule has 2 aliphatic rings. The molecule has 0 saturated heterocycles. The third-order valence-corrected chi connectivity index (χ3v) is 10.3. The quantitative estimate of drug-likeness (QED) is 0.137. The number of non-ortho nitro benzene ring substituents is 1. The van der Waals surface area contributed by atoms with Crippen molar-refractivity contribution in [3.05, 3.63) is 93.5 Å². The highest BCUT2D eigenvalue weighted by molar-refractivity contribution is 8.23. The molecule has 3 aromatic carbocycles. The molecule has 1 atom stereocenters. The summed E-state index contributed by atoms with van der Waals surface area (Å²) in [5.41, 5.74) is -0.194. The van der Waals surface area contributed by atoms with E-state index in [1.165, 1.54) is 18.2 Å². The molecule has 1 heterocycles. The molecule has 0 aromatic heterocycles. The van der Waals surface area contributed by atoms with Crippen LogP contribution in [0.1, 0.15) is 44.7 Å². The molecule has 43 heavy (non-hydrogen) atoms. The van der Waals surface area contributed by atoms with Crippen LogP contribution in [0.25, 0.3) is 5.76 Å². The summed E-state index contributed by atoms with van der Waals surface area (Å²) in [5.74, 6) is -0.642. The Kier molecular flexibility index (Phi) is 7.59. The molecule has 226 valence electrons. The first kappa shape index (κ1) is 30.2. The van der Waals surface area contributed by atoms with Gasteiger partial charge in [-0.05, 0) is 61.6 Å². The molecule has 12 nitrogen and oxygen atoms in total. The van der Waals surface area contributed by atoms with Crippen LogP contribution in [-0.4, -0.2) is 39.2 Å². The number of hydrogen-bond acceptors (Lipinski definition) is 10. The molecule has 0 bridgehead atoms. The van der Waals surface area contributed by atoms with Gasteiger partial charge in [0.25, 0.3) is 15.7 Å². The van der Waals surface area contributed by atoms with Gasteiger partial charge in [0.05, 0.1) is 26.6 Å². The molecule has 14 heteroatoms. The normalized spacial score (nSPS) is 20.0. The van der Waals surface area contributed by atoms with Crippen LogP contribution in [0, 0.1) is 16.0 Å². The number of nitro groups is 1. The molecule has 5 rings (SSSR count). The number of nitrogens with zero attached hydrogens (tertiary/aromatic N) is 2. The predicted octanol–water partition coefficient (Wildman–Crippen LogP) is 6.49. The number of fused-ring (bicyclic) bond motifs is 2. The Balaban J connectivity index is 1.50. The summed E-state index contributed by atoms with van der Waals surface area (Å²) < 4.78 is 54.3. The SMILES string of the molecule is CC(C)CCC1(C)C(=O)C(C2=NS(O)(O)c3cc(NS(=O)(=O)c4ccc([N+](=O)[O-])cc4)ccc3N2)=C(O)c2ccccc21. The lowest BCUT2D eigenvalue weighted by Gasteiger charge is -2.39. The van der Waals surface area contributed by atoms with Crippen LogP contribution >= 0.6 is 10.8 Å². The minimum Gasteiger partial charge on any atom is -0.506 e. The number of carbonyl (C=O) groups is 1. The van der Waals surface area contributed by atoms with Crippen molar-refractivity contribution < 1.29 is 32.3 Å². The summed E-state index contributed by atoms with van der Waals surface area (Å²) in [6.45, 7) is 5.91. The van der Waals surface area contributed by atoms with Gasteiger partial charge in [0.1, 0.15) is 16.2 Å². The molecule has 5 N–H and O–H groups in total. The largest absolute Gasteiger partial charge is 0.506 e. The number of aliphatic hydroxyl groups excluding tert-OH is 1. The molecule has 0 radical (unpaired) electrons. The van der Waals surface area contributed by atoms with Crippen molar-refractivity contribution in [1.29, 1.82) is 0 Å². The summed E-state index contributed by atoms with van der Waals surface area (Å²) in [7, 11) is -8.15. The number of sulfonamides is 1. The summed E-state index contributed by atoms with van der Waals surface area (Å²) in [6.07, 6.45) is 1.23.